The predicted octanol–water partition coefficient (Wildman–Crippen LogP) is 18.0. The molecule has 0 saturated carbocycles. The van der Waals surface area contributed by atoms with E-state index in [-0.39, 0.29) is 24.0 Å². The average Bonchev–Trinajstić information content (AvgIpc) is 3.29. The van der Waals surface area contributed by atoms with E-state index in [1.165, 1.54) is 193 Å². The molecule has 0 atom stereocenters. The number of nitrogens with zero attached hydrogens (tertiary/aromatic N) is 1. The summed E-state index contributed by atoms with van der Waals surface area (Å²) in [5.41, 5.74) is 0. The molecule has 0 spiro atoms. The number of unbranched alkanes of at least 4 members (excludes halogenated alkanes) is 24. The van der Waals surface area contributed by atoms with E-state index in [2.05, 4.69) is 32.6 Å². The first-order chi connectivity index (χ1) is 32.2. The lowest BCUT2D eigenvalue weighted by atomic mass is 9.90. The summed E-state index contributed by atoms with van der Waals surface area (Å²) in [5, 5.41) is 0. The van der Waals surface area contributed by atoms with Crippen molar-refractivity contribution < 1.29 is 28.6 Å². The Kier molecular flexibility index (Phi) is 50.0. The van der Waals surface area contributed by atoms with Crippen LogP contribution in [0.4, 0.5) is 0 Å². The van der Waals surface area contributed by atoms with E-state index < -0.39 is 0 Å². The quantitative estimate of drug-likeness (QED) is 0.0341. The molecule has 0 aromatic heterocycles. The summed E-state index contributed by atoms with van der Waals surface area (Å²) in [4.78, 5) is 39.4. The van der Waals surface area contributed by atoms with Crippen LogP contribution in [0.1, 0.15) is 310 Å². The molecule has 0 aliphatic carbocycles. The molecule has 0 rings (SSSR count). The third kappa shape index (κ3) is 47.4. The van der Waals surface area contributed by atoms with Gasteiger partial charge in [-0.2, -0.15) is 0 Å². The second kappa shape index (κ2) is 51.2. The fraction of sp³-hybridized carbons (Fsp3) is 0.949. The van der Waals surface area contributed by atoms with Crippen LogP contribution in [0.2, 0.25) is 0 Å². The molecular weight excluding hydrogens is 819 g/mol. The molecule has 0 heterocycles. The molecule has 7 nitrogen and oxygen atoms in total. The lowest BCUT2D eigenvalue weighted by Crippen LogP contribution is -2.20. The third-order valence-corrected chi connectivity index (χ3v) is 14.0. The normalized spacial score (nSPS) is 11.7. The maximum absolute atomic E-state index is 12.7. The van der Waals surface area contributed by atoms with Crippen molar-refractivity contribution in [2.45, 2.75) is 316 Å². The van der Waals surface area contributed by atoms with E-state index in [0.717, 1.165) is 89.0 Å². The van der Waals surface area contributed by atoms with Crippen LogP contribution in [-0.2, 0) is 28.6 Å². The Labute approximate surface area is 411 Å². The highest BCUT2D eigenvalue weighted by atomic mass is 16.5. The molecule has 0 aliphatic rings. The first-order valence-electron chi connectivity index (χ1n) is 29.4. The van der Waals surface area contributed by atoms with Crippen LogP contribution in [0.25, 0.3) is 0 Å². The number of carbonyl (C=O) groups excluding carboxylic acids is 3. The van der Waals surface area contributed by atoms with Gasteiger partial charge in [-0.05, 0) is 90.3 Å². The second-order valence-corrected chi connectivity index (χ2v) is 20.9. The smallest absolute Gasteiger partial charge is 0.306 e. The highest BCUT2D eigenvalue weighted by molar-refractivity contribution is 5.70. The van der Waals surface area contributed by atoms with Gasteiger partial charge >= 0.3 is 17.9 Å². The van der Waals surface area contributed by atoms with Crippen molar-refractivity contribution in [3.63, 3.8) is 0 Å². The Bertz CT molecular complexity index is 948. The fourth-order valence-corrected chi connectivity index (χ4v) is 9.64. The van der Waals surface area contributed by atoms with Crippen molar-refractivity contribution in [3.8, 4) is 0 Å². The Morgan fingerprint density at radius 2 is 0.621 bits per heavy atom. The first kappa shape index (κ1) is 64.4. The van der Waals surface area contributed by atoms with E-state index in [1.807, 2.05) is 14.1 Å². The molecule has 0 N–H and O–H groups in total. The van der Waals surface area contributed by atoms with Crippen LogP contribution >= 0.6 is 0 Å². The minimum absolute atomic E-state index is 0.0200. The summed E-state index contributed by atoms with van der Waals surface area (Å²) >= 11 is 0. The van der Waals surface area contributed by atoms with Crippen molar-refractivity contribution in [2.75, 3.05) is 33.9 Å². The average molecular weight is 935 g/mol. The SMILES string of the molecule is CCCCCC(CCCCC)CCCCCOC(=O)CCCCCCCCCC(CCCCCCCCCC(=O)OCCCCCC(CCCCC)CCCCC)OC(=O)CCCN(C)C. The molecule has 0 aliphatic heterocycles. The van der Waals surface area contributed by atoms with Crippen LogP contribution in [0.15, 0.2) is 0 Å². The lowest BCUT2D eigenvalue weighted by Gasteiger charge is -2.18. The van der Waals surface area contributed by atoms with Gasteiger partial charge in [-0.1, -0.05) is 233 Å². The topological polar surface area (TPSA) is 82.1 Å². The molecule has 0 saturated heterocycles. The predicted molar refractivity (Wildman–Crippen MR) is 283 cm³/mol. The minimum atomic E-state index is -0.0437. The van der Waals surface area contributed by atoms with Crippen molar-refractivity contribution in [1.29, 1.82) is 0 Å². The lowest BCUT2D eigenvalue weighted by molar-refractivity contribution is -0.150. The van der Waals surface area contributed by atoms with Gasteiger partial charge in [0.15, 0.2) is 0 Å². The molecule has 0 bridgehead atoms. The van der Waals surface area contributed by atoms with Gasteiger partial charge in [-0.25, -0.2) is 0 Å². The van der Waals surface area contributed by atoms with Crippen LogP contribution in [0, 0.1) is 11.8 Å². The van der Waals surface area contributed by atoms with Gasteiger partial charge in [0.2, 0.25) is 0 Å². The summed E-state index contributed by atoms with van der Waals surface area (Å²) in [5.74, 6) is 1.70. The molecule has 392 valence electrons. The molecule has 66 heavy (non-hydrogen) atoms. The van der Waals surface area contributed by atoms with E-state index in [0.29, 0.717) is 32.5 Å². The summed E-state index contributed by atoms with van der Waals surface area (Å²) in [6.45, 7) is 11.2. The van der Waals surface area contributed by atoms with E-state index in [4.69, 9.17) is 14.2 Å². The standard InChI is InChI=1S/C59H115NO6/c1-7-11-27-40-54(41-28-12-8-2)44-31-25-37-52-64-57(61)48-35-23-19-15-17-21-33-46-56(66-59(63)50-39-51-60(5)6)47-34-22-18-16-20-24-36-49-58(62)65-53-38-26-32-45-55(42-29-13-9-3)43-30-14-10-4/h54-56H,7-53H2,1-6H3. The van der Waals surface area contributed by atoms with E-state index in [1.54, 1.807) is 0 Å². The number of rotatable bonds is 53. The Morgan fingerprint density at radius 3 is 0.970 bits per heavy atom. The number of hydrogen-bond acceptors (Lipinski definition) is 7. The van der Waals surface area contributed by atoms with Crippen LogP contribution in [0.3, 0.4) is 0 Å². The molecule has 0 amide bonds. The Hall–Kier alpha value is -1.63. The van der Waals surface area contributed by atoms with Crippen LogP contribution in [0.5, 0.6) is 0 Å². The third-order valence-electron chi connectivity index (χ3n) is 14.0. The number of carbonyl (C=O) groups is 3. The number of hydrogen-bond donors (Lipinski definition) is 0. The number of esters is 3. The van der Waals surface area contributed by atoms with Gasteiger partial charge < -0.3 is 19.1 Å². The molecule has 0 fully saturated rings. The van der Waals surface area contributed by atoms with Crippen LogP contribution < -0.4 is 0 Å². The molecule has 0 aromatic rings. The first-order valence-corrected chi connectivity index (χ1v) is 29.4. The highest BCUT2D eigenvalue weighted by Gasteiger charge is 2.15. The Morgan fingerprint density at radius 1 is 0.333 bits per heavy atom. The molecule has 0 radical (unpaired) electrons. The van der Waals surface area contributed by atoms with Gasteiger partial charge in [0.25, 0.3) is 0 Å². The molecular formula is C59H115NO6. The maximum Gasteiger partial charge on any atom is 0.306 e. The zero-order valence-electron chi connectivity index (χ0n) is 45.4. The molecule has 7 heteroatoms. The van der Waals surface area contributed by atoms with E-state index >= 15 is 0 Å². The second-order valence-electron chi connectivity index (χ2n) is 20.9. The van der Waals surface area contributed by atoms with Crippen molar-refractivity contribution in [1.82, 2.24) is 4.90 Å². The zero-order chi connectivity index (χ0) is 48.4. The summed E-state index contributed by atoms with van der Waals surface area (Å²) in [6.07, 6.45) is 51.4. The van der Waals surface area contributed by atoms with Gasteiger partial charge in [0.05, 0.1) is 13.2 Å². The van der Waals surface area contributed by atoms with Crippen LogP contribution in [-0.4, -0.2) is 62.8 Å². The van der Waals surface area contributed by atoms with Crippen molar-refractivity contribution in [2.24, 2.45) is 11.8 Å². The largest absolute Gasteiger partial charge is 0.466 e. The Balaban J connectivity index is 4.10. The molecule has 0 unspecified atom stereocenters. The summed E-state index contributed by atoms with van der Waals surface area (Å²) in [7, 11) is 4.09. The summed E-state index contributed by atoms with van der Waals surface area (Å²) in [6, 6.07) is 0. The van der Waals surface area contributed by atoms with E-state index in [9.17, 15) is 14.4 Å². The van der Waals surface area contributed by atoms with Gasteiger partial charge in [0.1, 0.15) is 6.10 Å². The van der Waals surface area contributed by atoms with Gasteiger partial charge in [-0.15, -0.1) is 0 Å². The maximum atomic E-state index is 12.7. The minimum Gasteiger partial charge on any atom is -0.466 e. The fourth-order valence-electron chi connectivity index (χ4n) is 9.64. The monoisotopic (exact) mass is 934 g/mol. The van der Waals surface area contributed by atoms with Crippen molar-refractivity contribution in [3.05, 3.63) is 0 Å². The van der Waals surface area contributed by atoms with Gasteiger partial charge in [-0.3, -0.25) is 14.4 Å². The highest BCUT2D eigenvalue weighted by Crippen LogP contribution is 2.25. The van der Waals surface area contributed by atoms with Gasteiger partial charge in [0, 0.05) is 19.3 Å². The van der Waals surface area contributed by atoms with Crippen molar-refractivity contribution >= 4 is 17.9 Å². The molecule has 0 aromatic carbocycles. The summed E-state index contributed by atoms with van der Waals surface area (Å²) < 4.78 is 17.2. The number of ether oxygens (including phenoxy) is 3. The zero-order valence-corrected chi connectivity index (χ0v) is 45.4.